The summed E-state index contributed by atoms with van der Waals surface area (Å²) in [5.74, 6) is -0.508. The SMILES string of the molecule is O=C(O)C[C@H]1C[C@@H](CCn2c(-c3ccccc3)nc(-c3ccc(F)cc3)c2-c2ccncn2)OB(c2ccccc2)O1. The summed E-state index contributed by atoms with van der Waals surface area (Å²) in [6, 6.07) is 27.5. The minimum absolute atomic E-state index is 0.107. The fraction of sp³-hybridized carbons (Fsp3) is 0.188. The Morgan fingerprint density at radius 2 is 1.64 bits per heavy atom. The van der Waals surface area contributed by atoms with Crippen LogP contribution in [0.4, 0.5) is 4.39 Å². The van der Waals surface area contributed by atoms with Crippen LogP contribution >= 0.6 is 0 Å². The second kappa shape index (κ2) is 12.5. The maximum absolute atomic E-state index is 13.9. The molecule has 0 amide bonds. The van der Waals surface area contributed by atoms with Gasteiger partial charge in [-0.1, -0.05) is 60.7 Å². The summed E-state index contributed by atoms with van der Waals surface area (Å²) < 4.78 is 28.4. The lowest BCUT2D eigenvalue weighted by atomic mass is 9.76. The van der Waals surface area contributed by atoms with Crippen molar-refractivity contribution in [1.29, 1.82) is 0 Å². The number of carboxylic acids is 1. The topological polar surface area (TPSA) is 99.4 Å². The van der Waals surface area contributed by atoms with E-state index in [-0.39, 0.29) is 18.3 Å². The highest BCUT2D eigenvalue weighted by atomic mass is 19.1. The molecule has 0 spiro atoms. The molecule has 8 nitrogen and oxygen atoms in total. The van der Waals surface area contributed by atoms with Crippen molar-refractivity contribution >= 4 is 18.6 Å². The predicted molar refractivity (Wildman–Crippen MR) is 157 cm³/mol. The first-order valence-electron chi connectivity index (χ1n) is 13.8. The Hall–Kier alpha value is -4.67. The van der Waals surface area contributed by atoms with Crippen LogP contribution in [-0.4, -0.2) is 49.9 Å². The smallest absolute Gasteiger partial charge is 0.481 e. The zero-order chi connectivity index (χ0) is 28.9. The van der Waals surface area contributed by atoms with Gasteiger partial charge in [0, 0.05) is 30.0 Å². The number of benzene rings is 3. The molecule has 42 heavy (non-hydrogen) atoms. The van der Waals surface area contributed by atoms with Crippen LogP contribution in [0.5, 0.6) is 0 Å². The number of aliphatic carboxylic acids is 1. The molecule has 210 valence electrons. The summed E-state index contributed by atoms with van der Waals surface area (Å²) >= 11 is 0. The highest BCUT2D eigenvalue weighted by Gasteiger charge is 2.36. The maximum atomic E-state index is 13.9. The molecule has 6 rings (SSSR count). The van der Waals surface area contributed by atoms with Gasteiger partial charge in [0.25, 0.3) is 0 Å². The molecule has 1 aliphatic heterocycles. The first kappa shape index (κ1) is 27.5. The lowest BCUT2D eigenvalue weighted by Crippen LogP contribution is -2.49. The molecule has 1 fully saturated rings. The van der Waals surface area contributed by atoms with E-state index in [1.807, 2.05) is 66.7 Å². The molecular formula is C32H28BFN4O4. The predicted octanol–water partition coefficient (Wildman–Crippen LogP) is 5.25. The van der Waals surface area contributed by atoms with Crippen LogP contribution in [0.2, 0.25) is 0 Å². The van der Waals surface area contributed by atoms with E-state index in [0.29, 0.717) is 30.8 Å². The standard InChI is InChI=1S/C32H28BFN4O4/c34-25-13-11-22(12-14-25)30-31(28-15-17-35-21-36-28)38(32(37-30)23-7-3-1-4-8-23)18-16-26-19-27(20-29(39)40)42-33(41-26)24-9-5-2-6-10-24/h1-15,17,21,26-27H,16,18-20H2,(H,39,40)/t26-,27-/m1/s1. The van der Waals surface area contributed by atoms with Gasteiger partial charge >= 0.3 is 13.1 Å². The third kappa shape index (κ3) is 6.14. The van der Waals surface area contributed by atoms with Gasteiger partial charge in [0.1, 0.15) is 18.0 Å². The molecule has 5 aromatic rings. The Kier molecular flexibility index (Phi) is 8.16. The molecule has 2 aromatic heterocycles. The largest absolute Gasteiger partial charge is 0.494 e. The summed E-state index contributed by atoms with van der Waals surface area (Å²) in [6.07, 6.45) is 3.32. The summed E-state index contributed by atoms with van der Waals surface area (Å²) in [6.45, 7) is 0.504. The summed E-state index contributed by atoms with van der Waals surface area (Å²) in [7, 11) is -0.665. The van der Waals surface area contributed by atoms with Crippen molar-refractivity contribution in [1.82, 2.24) is 19.5 Å². The van der Waals surface area contributed by atoms with E-state index in [9.17, 15) is 14.3 Å². The van der Waals surface area contributed by atoms with E-state index in [0.717, 1.165) is 28.1 Å². The molecule has 2 atom stereocenters. The number of rotatable bonds is 9. The highest BCUT2D eigenvalue weighted by Crippen LogP contribution is 2.36. The third-order valence-corrected chi connectivity index (χ3v) is 7.25. The van der Waals surface area contributed by atoms with Gasteiger partial charge in [-0.2, -0.15) is 0 Å². The quantitative estimate of drug-likeness (QED) is 0.245. The normalized spacial score (nSPS) is 16.8. The van der Waals surface area contributed by atoms with Crippen LogP contribution in [0, 0.1) is 5.82 Å². The van der Waals surface area contributed by atoms with Gasteiger partial charge in [-0.15, -0.1) is 0 Å². The number of hydrogen-bond donors (Lipinski definition) is 1. The first-order valence-corrected chi connectivity index (χ1v) is 13.8. The molecule has 1 saturated heterocycles. The second-order valence-corrected chi connectivity index (χ2v) is 10.1. The molecule has 0 aliphatic carbocycles. The van der Waals surface area contributed by atoms with Crippen molar-refractivity contribution < 1.29 is 23.6 Å². The van der Waals surface area contributed by atoms with E-state index < -0.39 is 19.2 Å². The van der Waals surface area contributed by atoms with Gasteiger partial charge in [-0.25, -0.2) is 19.3 Å². The van der Waals surface area contributed by atoms with E-state index >= 15 is 0 Å². The number of carboxylic acid groups (broad SMARTS) is 1. The van der Waals surface area contributed by atoms with Crippen LogP contribution in [0.15, 0.2) is 104 Å². The van der Waals surface area contributed by atoms with Crippen LogP contribution in [0.25, 0.3) is 34.0 Å². The Labute approximate surface area is 243 Å². The molecular weight excluding hydrogens is 534 g/mol. The van der Waals surface area contributed by atoms with Gasteiger partial charge in [-0.05, 0) is 48.6 Å². The highest BCUT2D eigenvalue weighted by molar-refractivity contribution is 6.61. The summed E-state index contributed by atoms with van der Waals surface area (Å²) in [5.41, 5.74) is 4.64. The zero-order valence-corrected chi connectivity index (χ0v) is 22.7. The van der Waals surface area contributed by atoms with Gasteiger partial charge < -0.3 is 19.0 Å². The fourth-order valence-corrected chi connectivity index (χ4v) is 5.32. The Morgan fingerprint density at radius 1 is 0.929 bits per heavy atom. The van der Waals surface area contributed by atoms with Crippen LogP contribution < -0.4 is 5.46 Å². The summed E-state index contributed by atoms with van der Waals surface area (Å²) in [5, 5.41) is 9.50. The maximum Gasteiger partial charge on any atom is 0.494 e. The van der Waals surface area contributed by atoms with Crippen LogP contribution in [-0.2, 0) is 20.6 Å². The van der Waals surface area contributed by atoms with Gasteiger partial charge in [0.15, 0.2) is 0 Å². The molecule has 0 bridgehead atoms. The molecule has 0 radical (unpaired) electrons. The van der Waals surface area contributed by atoms with Crippen molar-refractivity contribution in [2.45, 2.75) is 38.0 Å². The fourth-order valence-electron chi connectivity index (χ4n) is 5.32. The lowest BCUT2D eigenvalue weighted by molar-refractivity contribution is -0.140. The van der Waals surface area contributed by atoms with Crippen molar-refractivity contribution in [3.63, 3.8) is 0 Å². The Bertz CT molecular complexity index is 1640. The Morgan fingerprint density at radius 3 is 2.33 bits per heavy atom. The molecule has 3 heterocycles. The number of hydrogen-bond acceptors (Lipinski definition) is 6. The van der Waals surface area contributed by atoms with Crippen molar-refractivity contribution in [2.75, 3.05) is 0 Å². The number of imidazole rings is 1. The molecule has 3 aromatic carbocycles. The van der Waals surface area contributed by atoms with Crippen LogP contribution in [0.3, 0.4) is 0 Å². The van der Waals surface area contributed by atoms with Gasteiger partial charge in [0.2, 0.25) is 0 Å². The van der Waals surface area contributed by atoms with Gasteiger partial charge in [-0.3, -0.25) is 4.79 Å². The number of aromatic nitrogens is 4. The third-order valence-electron chi connectivity index (χ3n) is 7.25. The van der Waals surface area contributed by atoms with E-state index in [1.54, 1.807) is 18.3 Å². The number of nitrogens with zero attached hydrogens (tertiary/aromatic N) is 4. The molecule has 0 unspecified atom stereocenters. The van der Waals surface area contributed by atoms with E-state index in [2.05, 4.69) is 14.5 Å². The molecule has 0 saturated carbocycles. The van der Waals surface area contributed by atoms with Crippen molar-refractivity contribution in [3.8, 4) is 34.0 Å². The van der Waals surface area contributed by atoms with Crippen molar-refractivity contribution in [3.05, 3.63) is 109 Å². The minimum Gasteiger partial charge on any atom is -0.481 e. The molecule has 10 heteroatoms. The monoisotopic (exact) mass is 562 g/mol. The van der Waals surface area contributed by atoms with Crippen LogP contribution in [0.1, 0.15) is 19.3 Å². The second-order valence-electron chi connectivity index (χ2n) is 10.1. The molecule has 1 N–H and O–H groups in total. The minimum atomic E-state index is -0.913. The first-order chi connectivity index (χ1) is 20.5. The lowest BCUT2D eigenvalue weighted by Gasteiger charge is -2.34. The number of halogens is 1. The zero-order valence-electron chi connectivity index (χ0n) is 22.7. The van der Waals surface area contributed by atoms with E-state index in [4.69, 9.17) is 14.3 Å². The van der Waals surface area contributed by atoms with Crippen molar-refractivity contribution in [2.24, 2.45) is 0 Å². The molecule has 1 aliphatic rings. The van der Waals surface area contributed by atoms with Gasteiger partial charge in [0.05, 0.1) is 29.6 Å². The number of carbonyl (C=O) groups is 1. The van der Waals surface area contributed by atoms with E-state index in [1.165, 1.54) is 18.5 Å². The average Bonchev–Trinajstić information content (AvgIpc) is 3.41. The average molecular weight is 562 g/mol. The Balaban J connectivity index is 1.39. The summed E-state index contributed by atoms with van der Waals surface area (Å²) in [4.78, 5) is 25.3.